The Bertz CT molecular complexity index is 753. The molecule has 3 nitrogen and oxygen atoms in total. The minimum absolute atomic E-state index is 0.0779. The Kier molecular flexibility index (Phi) is 3.42. The molecule has 1 heterocycles. The molecule has 3 aromatic rings. The van der Waals surface area contributed by atoms with E-state index in [0.29, 0.717) is 15.6 Å². The molecule has 0 aliphatic carbocycles. The third kappa shape index (κ3) is 2.28. The van der Waals surface area contributed by atoms with Crippen LogP contribution < -0.4 is 0 Å². The summed E-state index contributed by atoms with van der Waals surface area (Å²) in [5.74, 6) is -0.208. The van der Waals surface area contributed by atoms with Gasteiger partial charge >= 0.3 is 0 Å². The lowest BCUT2D eigenvalue weighted by molar-refractivity contribution is 0.571. The summed E-state index contributed by atoms with van der Waals surface area (Å²) in [6.45, 7) is 0. The normalized spacial score (nSPS) is 10.8. The maximum absolute atomic E-state index is 13.7. The summed E-state index contributed by atoms with van der Waals surface area (Å²) in [4.78, 5) is 0. The Balaban J connectivity index is 2.10. The monoisotopic (exact) mass is 308 g/mol. The van der Waals surface area contributed by atoms with E-state index in [4.69, 9.17) is 27.6 Å². The second-order valence-electron chi connectivity index (χ2n) is 3.99. The molecule has 3 rings (SSSR count). The zero-order valence-corrected chi connectivity index (χ0v) is 11.5. The number of rotatable bonds is 2. The first-order valence-electron chi connectivity index (χ1n) is 5.69. The third-order valence-electron chi connectivity index (χ3n) is 2.71. The van der Waals surface area contributed by atoms with Crippen molar-refractivity contribution >= 4 is 23.2 Å². The quantitative estimate of drug-likeness (QED) is 0.679. The fourth-order valence-electron chi connectivity index (χ4n) is 1.77. The smallest absolute Gasteiger partial charge is 0.251 e. The van der Waals surface area contributed by atoms with Crippen molar-refractivity contribution in [3.8, 4) is 22.9 Å². The van der Waals surface area contributed by atoms with Crippen LogP contribution in [0.5, 0.6) is 0 Å². The van der Waals surface area contributed by atoms with Gasteiger partial charge in [-0.3, -0.25) is 0 Å². The molecule has 0 N–H and O–H groups in total. The van der Waals surface area contributed by atoms with Gasteiger partial charge in [-0.05, 0) is 24.3 Å². The summed E-state index contributed by atoms with van der Waals surface area (Å²) in [5.41, 5.74) is 0.667. The van der Waals surface area contributed by atoms with Crippen molar-refractivity contribution in [1.29, 1.82) is 0 Å². The van der Waals surface area contributed by atoms with Crippen LogP contribution in [0.1, 0.15) is 0 Å². The summed E-state index contributed by atoms with van der Waals surface area (Å²) in [6.07, 6.45) is 0. The highest BCUT2D eigenvalue weighted by Gasteiger charge is 2.17. The Hall–Kier alpha value is -1.91. The molecule has 0 atom stereocenters. The SMILES string of the molecule is Fc1ccccc1-c1nnc(-c2c(Cl)cccc2Cl)o1. The second-order valence-corrected chi connectivity index (χ2v) is 4.80. The van der Waals surface area contributed by atoms with E-state index >= 15 is 0 Å². The van der Waals surface area contributed by atoms with E-state index < -0.39 is 5.82 Å². The van der Waals surface area contributed by atoms with Gasteiger partial charge in [0.25, 0.3) is 11.8 Å². The van der Waals surface area contributed by atoms with E-state index in [-0.39, 0.29) is 17.3 Å². The molecule has 0 aliphatic rings. The van der Waals surface area contributed by atoms with Gasteiger partial charge in [-0.15, -0.1) is 10.2 Å². The van der Waals surface area contributed by atoms with E-state index in [1.54, 1.807) is 36.4 Å². The fraction of sp³-hybridized carbons (Fsp3) is 0. The Labute approximate surface area is 124 Å². The van der Waals surface area contributed by atoms with Crippen molar-refractivity contribution in [3.05, 3.63) is 58.3 Å². The van der Waals surface area contributed by atoms with Crippen LogP contribution in [0.25, 0.3) is 22.9 Å². The van der Waals surface area contributed by atoms with Crippen LogP contribution in [-0.2, 0) is 0 Å². The maximum Gasteiger partial charge on any atom is 0.251 e. The molecule has 2 aromatic carbocycles. The molecule has 0 saturated heterocycles. The molecule has 0 spiro atoms. The molecule has 100 valence electrons. The summed E-state index contributed by atoms with van der Waals surface area (Å²) in [6, 6.07) is 11.2. The van der Waals surface area contributed by atoms with Gasteiger partial charge in [0.05, 0.1) is 21.2 Å². The maximum atomic E-state index is 13.7. The number of hydrogen-bond acceptors (Lipinski definition) is 3. The molecule has 0 amide bonds. The molecule has 0 bridgehead atoms. The Morgan fingerprint density at radius 3 is 2.20 bits per heavy atom. The van der Waals surface area contributed by atoms with Crippen LogP contribution in [0.4, 0.5) is 4.39 Å². The number of nitrogens with zero attached hydrogens (tertiary/aromatic N) is 2. The Morgan fingerprint density at radius 1 is 0.850 bits per heavy atom. The van der Waals surface area contributed by atoms with Crippen LogP contribution in [0.15, 0.2) is 46.9 Å². The molecule has 0 saturated carbocycles. The molecule has 1 aromatic heterocycles. The van der Waals surface area contributed by atoms with E-state index in [0.717, 1.165) is 0 Å². The molecule has 0 fully saturated rings. The number of hydrogen-bond donors (Lipinski definition) is 0. The first-order chi connectivity index (χ1) is 9.66. The van der Waals surface area contributed by atoms with Gasteiger partial charge < -0.3 is 4.42 Å². The molecular formula is C14H7Cl2FN2O. The molecule has 0 aliphatic heterocycles. The van der Waals surface area contributed by atoms with Crippen LogP contribution in [-0.4, -0.2) is 10.2 Å². The standard InChI is InChI=1S/C14H7Cl2FN2O/c15-9-5-3-6-10(16)12(9)14-19-18-13(20-14)8-4-1-2-7-11(8)17/h1-7H. The summed E-state index contributed by atoms with van der Waals surface area (Å²) in [7, 11) is 0. The van der Waals surface area contributed by atoms with Crippen molar-refractivity contribution in [3.63, 3.8) is 0 Å². The largest absolute Gasteiger partial charge is 0.416 e. The van der Waals surface area contributed by atoms with Crippen LogP contribution >= 0.6 is 23.2 Å². The van der Waals surface area contributed by atoms with Crippen molar-refractivity contribution in [2.24, 2.45) is 0 Å². The topological polar surface area (TPSA) is 38.9 Å². The van der Waals surface area contributed by atoms with Crippen LogP contribution in [0.3, 0.4) is 0 Å². The highest BCUT2D eigenvalue weighted by atomic mass is 35.5. The highest BCUT2D eigenvalue weighted by Crippen LogP contribution is 2.35. The van der Waals surface area contributed by atoms with Crippen LogP contribution in [0, 0.1) is 5.82 Å². The lowest BCUT2D eigenvalue weighted by Gasteiger charge is -2.01. The average Bonchev–Trinajstić information content (AvgIpc) is 2.88. The predicted octanol–water partition coefficient (Wildman–Crippen LogP) is 4.85. The summed E-state index contributed by atoms with van der Waals surface area (Å²) in [5, 5.41) is 8.49. The number of halogens is 3. The van der Waals surface area contributed by atoms with Gasteiger partial charge in [-0.25, -0.2) is 4.39 Å². The predicted molar refractivity (Wildman–Crippen MR) is 75.1 cm³/mol. The summed E-state index contributed by atoms with van der Waals surface area (Å²) < 4.78 is 19.1. The molecule has 0 unspecified atom stereocenters. The van der Waals surface area contributed by atoms with E-state index in [1.807, 2.05) is 0 Å². The van der Waals surface area contributed by atoms with E-state index in [1.165, 1.54) is 6.07 Å². The van der Waals surface area contributed by atoms with Gasteiger partial charge in [0.15, 0.2) is 0 Å². The van der Waals surface area contributed by atoms with Gasteiger partial charge in [0.1, 0.15) is 5.82 Å². The van der Waals surface area contributed by atoms with Crippen LogP contribution in [0.2, 0.25) is 10.0 Å². The van der Waals surface area contributed by atoms with Crippen molar-refractivity contribution < 1.29 is 8.81 Å². The number of aromatic nitrogens is 2. The Morgan fingerprint density at radius 2 is 1.50 bits per heavy atom. The molecule has 0 radical (unpaired) electrons. The van der Waals surface area contributed by atoms with E-state index in [2.05, 4.69) is 10.2 Å². The number of benzene rings is 2. The lowest BCUT2D eigenvalue weighted by Crippen LogP contribution is -1.82. The average molecular weight is 309 g/mol. The fourth-order valence-corrected chi connectivity index (χ4v) is 2.33. The minimum atomic E-state index is -0.437. The zero-order chi connectivity index (χ0) is 14.1. The van der Waals surface area contributed by atoms with Gasteiger partial charge in [-0.1, -0.05) is 41.4 Å². The zero-order valence-electron chi connectivity index (χ0n) is 9.98. The summed E-state index contributed by atoms with van der Waals surface area (Å²) >= 11 is 12.1. The first kappa shape index (κ1) is 13.1. The third-order valence-corrected chi connectivity index (χ3v) is 3.34. The van der Waals surface area contributed by atoms with Gasteiger partial charge in [0.2, 0.25) is 0 Å². The van der Waals surface area contributed by atoms with Crippen molar-refractivity contribution in [1.82, 2.24) is 10.2 Å². The lowest BCUT2D eigenvalue weighted by atomic mass is 10.2. The minimum Gasteiger partial charge on any atom is -0.416 e. The highest BCUT2D eigenvalue weighted by molar-refractivity contribution is 6.38. The van der Waals surface area contributed by atoms with Crippen molar-refractivity contribution in [2.75, 3.05) is 0 Å². The first-order valence-corrected chi connectivity index (χ1v) is 6.45. The van der Waals surface area contributed by atoms with Crippen molar-refractivity contribution in [2.45, 2.75) is 0 Å². The molecule has 6 heteroatoms. The molecule has 20 heavy (non-hydrogen) atoms. The second kappa shape index (κ2) is 5.23. The van der Waals surface area contributed by atoms with Gasteiger partial charge in [0, 0.05) is 0 Å². The van der Waals surface area contributed by atoms with E-state index in [9.17, 15) is 4.39 Å². The molecular weight excluding hydrogens is 302 g/mol. The van der Waals surface area contributed by atoms with Gasteiger partial charge in [-0.2, -0.15) is 0 Å².